The summed E-state index contributed by atoms with van der Waals surface area (Å²) < 4.78 is 5.75. The molecule has 1 fully saturated rings. The Kier molecular flexibility index (Phi) is 6.82. The molecule has 1 saturated heterocycles. The molecular weight excluding hydrogens is 410 g/mol. The van der Waals surface area contributed by atoms with Crippen molar-refractivity contribution in [3.05, 3.63) is 65.9 Å². The summed E-state index contributed by atoms with van der Waals surface area (Å²) in [6, 6.07) is 15.0. The van der Waals surface area contributed by atoms with Crippen molar-refractivity contribution in [2.75, 3.05) is 18.2 Å². The van der Waals surface area contributed by atoms with Crippen LogP contribution in [-0.4, -0.2) is 46.0 Å². The summed E-state index contributed by atoms with van der Waals surface area (Å²) in [5.41, 5.74) is 2.50. The third kappa shape index (κ3) is 4.88. The lowest BCUT2D eigenvalue weighted by Crippen LogP contribution is -2.47. The van der Waals surface area contributed by atoms with Gasteiger partial charge in [0.1, 0.15) is 11.8 Å². The van der Waals surface area contributed by atoms with Gasteiger partial charge in [0.15, 0.2) is 0 Å². The third-order valence-corrected chi connectivity index (χ3v) is 6.41. The summed E-state index contributed by atoms with van der Waals surface area (Å²) >= 11 is 1.60. The SMILES string of the molecule is CCCCOc1cccc(CNC(=O)C2CSCN2C(=O)c2c[nH]c3ccccc23)c1. The zero-order chi connectivity index (χ0) is 21.6. The first-order valence-electron chi connectivity index (χ1n) is 10.6. The molecule has 1 aliphatic heterocycles. The van der Waals surface area contributed by atoms with Crippen LogP contribution in [0.25, 0.3) is 10.9 Å². The number of amides is 2. The quantitative estimate of drug-likeness (QED) is 0.519. The fraction of sp³-hybridized carbons (Fsp3) is 0.333. The Balaban J connectivity index is 1.39. The number of aromatic nitrogens is 1. The van der Waals surface area contributed by atoms with Crippen molar-refractivity contribution >= 4 is 34.5 Å². The van der Waals surface area contributed by atoms with E-state index in [-0.39, 0.29) is 11.8 Å². The summed E-state index contributed by atoms with van der Waals surface area (Å²) in [4.78, 5) is 30.9. The van der Waals surface area contributed by atoms with Gasteiger partial charge in [-0.05, 0) is 30.2 Å². The standard InChI is InChI=1S/C24H27N3O3S/c1-2-3-11-30-18-8-6-7-17(12-18)13-26-23(28)22-15-31-16-27(22)24(29)20-14-25-21-10-5-4-9-19(20)21/h4-10,12,14,22,25H,2-3,11,13,15-16H2,1H3,(H,26,28). The van der Waals surface area contributed by atoms with Gasteiger partial charge in [0.2, 0.25) is 5.91 Å². The van der Waals surface area contributed by atoms with Crippen LogP contribution in [0.3, 0.4) is 0 Å². The topological polar surface area (TPSA) is 74.4 Å². The number of para-hydroxylation sites is 1. The highest BCUT2D eigenvalue weighted by Crippen LogP contribution is 2.26. The predicted octanol–water partition coefficient (Wildman–Crippen LogP) is 4.18. The van der Waals surface area contributed by atoms with E-state index in [2.05, 4.69) is 17.2 Å². The minimum Gasteiger partial charge on any atom is -0.494 e. The van der Waals surface area contributed by atoms with E-state index in [1.807, 2.05) is 48.5 Å². The molecule has 0 radical (unpaired) electrons. The molecule has 1 aliphatic rings. The molecular formula is C24H27N3O3S. The number of benzene rings is 2. The molecule has 1 unspecified atom stereocenters. The molecule has 1 atom stereocenters. The van der Waals surface area contributed by atoms with Gasteiger partial charge >= 0.3 is 0 Å². The average Bonchev–Trinajstić information content (AvgIpc) is 3.45. The second-order valence-electron chi connectivity index (χ2n) is 7.61. The van der Waals surface area contributed by atoms with E-state index in [0.717, 1.165) is 35.1 Å². The van der Waals surface area contributed by atoms with E-state index in [4.69, 9.17) is 4.74 Å². The van der Waals surface area contributed by atoms with Gasteiger partial charge in [-0.25, -0.2) is 0 Å². The van der Waals surface area contributed by atoms with E-state index in [1.165, 1.54) is 0 Å². The Labute approximate surface area is 186 Å². The number of hydrogen-bond acceptors (Lipinski definition) is 4. The molecule has 2 N–H and O–H groups in total. The van der Waals surface area contributed by atoms with Crippen molar-refractivity contribution in [2.24, 2.45) is 0 Å². The number of carbonyl (C=O) groups excluding carboxylic acids is 2. The van der Waals surface area contributed by atoms with Gasteiger partial charge in [0.25, 0.3) is 5.91 Å². The largest absolute Gasteiger partial charge is 0.494 e. The minimum atomic E-state index is -0.477. The first-order chi connectivity index (χ1) is 15.2. The highest BCUT2D eigenvalue weighted by atomic mass is 32.2. The van der Waals surface area contributed by atoms with Crippen LogP contribution in [0.5, 0.6) is 5.75 Å². The highest BCUT2D eigenvalue weighted by Gasteiger charge is 2.35. The van der Waals surface area contributed by atoms with Crippen molar-refractivity contribution in [2.45, 2.75) is 32.4 Å². The first kappa shape index (κ1) is 21.3. The zero-order valence-corrected chi connectivity index (χ0v) is 18.4. The molecule has 0 saturated carbocycles. The Bertz CT molecular complexity index is 1060. The molecule has 2 aromatic carbocycles. The van der Waals surface area contributed by atoms with E-state index in [1.54, 1.807) is 22.9 Å². The molecule has 162 valence electrons. The number of fused-ring (bicyclic) bond motifs is 1. The molecule has 0 bridgehead atoms. The second-order valence-corrected chi connectivity index (χ2v) is 8.61. The maximum absolute atomic E-state index is 13.2. The van der Waals surface area contributed by atoms with Gasteiger partial charge in [0, 0.05) is 29.4 Å². The van der Waals surface area contributed by atoms with Gasteiger partial charge in [-0.2, -0.15) is 0 Å². The highest BCUT2D eigenvalue weighted by molar-refractivity contribution is 7.99. The Hall–Kier alpha value is -2.93. The van der Waals surface area contributed by atoms with Crippen LogP contribution >= 0.6 is 11.8 Å². The number of ether oxygens (including phenoxy) is 1. The molecule has 2 heterocycles. The number of hydrogen-bond donors (Lipinski definition) is 2. The molecule has 7 heteroatoms. The van der Waals surface area contributed by atoms with Crippen molar-refractivity contribution in [1.29, 1.82) is 0 Å². The molecule has 1 aromatic heterocycles. The fourth-order valence-electron chi connectivity index (χ4n) is 3.65. The number of unbranched alkanes of at least 4 members (excludes halogenated alkanes) is 1. The molecule has 0 aliphatic carbocycles. The molecule has 2 amide bonds. The van der Waals surface area contributed by atoms with Gasteiger partial charge in [-0.3, -0.25) is 9.59 Å². The number of aromatic amines is 1. The summed E-state index contributed by atoms with van der Waals surface area (Å²) in [6.45, 7) is 3.22. The molecule has 4 rings (SSSR count). The van der Waals surface area contributed by atoms with E-state index in [0.29, 0.717) is 30.3 Å². The smallest absolute Gasteiger partial charge is 0.257 e. The van der Waals surface area contributed by atoms with Gasteiger partial charge in [-0.1, -0.05) is 43.7 Å². The number of nitrogens with zero attached hydrogens (tertiary/aromatic N) is 1. The Morgan fingerprint density at radius 2 is 2.10 bits per heavy atom. The first-order valence-corrected chi connectivity index (χ1v) is 11.8. The van der Waals surface area contributed by atoms with Gasteiger partial charge < -0.3 is 19.9 Å². The van der Waals surface area contributed by atoms with Crippen LogP contribution in [0.1, 0.15) is 35.7 Å². The number of nitrogens with one attached hydrogen (secondary N) is 2. The minimum absolute atomic E-state index is 0.117. The van der Waals surface area contributed by atoms with Gasteiger partial charge in [-0.15, -0.1) is 11.8 Å². The number of H-pyrrole nitrogens is 1. The van der Waals surface area contributed by atoms with Crippen LogP contribution < -0.4 is 10.1 Å². The van der Waals surface area contributed by atoms with Crippen molar-refractivity contribution < 1.29 is 14.3 Å². The maximum atomic E-state index is 13.2. The van der Waals surface area contributed by atoms with Crippen molar-refractivity contribution in [1.82, 2.24) is 15.2 Å². The van der Waals surface area contributed by atoms with Crippen molar-refractivity contribution in [3.8, 4) is 5.75 Å². The Morgan fingerprint density at radius 3 is 2.97 bits per heavy atom. The van der Waals surface area contributed by atoms with E-state index >= 15 is 0 Å². The summed E-state index contributed by atoms with van der Waals surface area (Å²) in [5.74, 6) is 1.68. The summed E-state index contributed by atoms with van der Waals surface area (Å²) in [5, 5.41) is 3.87. The van der Waals surface area contributed by atoms with Gasteiger partial charge in [0.05, 0.1) is 18.0 Å². The van der Waals surface area contributed by atoms with E-state index in [9.17, 15) is 9.59 Å². The fourth-order valence-corrected chi connectivity index (χ4v) is 4.80. The van der Waals surface area contributed by atoms with Crippen molar-refractivity contribution in [3.63, 3.8) is 0 Å². The van der Waals surface area contributed by atoms with Crippen LogP contribution in [0.2, 0.25) is 0 Å². The monoisotopic (exact) mass is 437 g/mol. The number of rotatable bonds is 8. The lowest BCUT2D eigenvalue weighted by atomic mass is 10.1. The maximum Gasteiger partial charge on any atom is 0.257 e. The third-order valence-electron chi connectivity index (χ3n) is 5.40. The second kappa shape index (κ2) is 9.92. The summed E-state index contributed by atoms with van der Waals surface area (Å²) in [6.07, 6.45) is 3.83. The molecule has 6 nitrogen and oxygen atoms in total. The van der Waals surface area contributed by atoms with Crippen LogP contribution in [0, 0.1) is 0 Å². The zero-order valence-electron chi connectivity index (χ0n) is 17.6. The number of thioether (sulfide) groups is 1. The van der Waals surface area contributed by atoms with E-state index < -0.39 is 6.04 Å². The lowest BCUT2D eigenvalue weighted by Gasteiger charge is -2.23. The molecule has 0 spiro atoms. The van der Waals surface area contributed by atoms with Crippen LogP contribution in [0.15, 0.2) is 54.7 Å². The van der Waals surface area contributed by atoms with Crippen LogP contribution in [-0.2, 0) is 11.3 Å². The predicted molar refractivity (Wildman–Crippen MR) is 124 cm³/mol. The molecule has 31 heavy (non-hydrogen) atoms. The average molecular weight is 438 g/mol. The molecule has 3 aromatic rings. The lowest BCUT2D eigenvalue weighted by molar-refractivity contribution is -0.124. The normalized spacial score (nSPS) is 15.9. The van der Waals surface area contributed by atoms with Crippen LogP contribution in [0.4, 0.5) is 0 Å². The number of carbonyl (C=O) groups is 2. The summed E-state index contributed by atoms with van der Waals surface area (Å²) in [7, 11) is 0. The Morgan fingerprint density at radius 1 is 1.23 bits per heavy atom.